The molecule has 3 aromatic carbocycles. The number of hydrogen-bond donors (Lipinski definition) is 1. The van der Waals surface area contributed by atoms with Crippen LogP contribution in [0.3, 0.4) is 0 Å². The molecule has 1 N–H and O–H groups in total. The quantitative estimate of drug-likeness (QED) is 0.598. The molecule has 4 aliphatic rings. The van der Waals surface area contributed by atoms with Gasteiger partial charge in [-0.05, 0) is 65.1 Å². The number of rotatable bonds is 4. The van der Waals surface area contributed by atoms with Crippen LogP contribution in [0, 0.1) is 11.7 Å². The molecule has 0 aromatic heterocycles. The van der Waals surface area contributed by atoms with E-state index in [4.69, 9.17) is 4.74 Å². The van der Waals surface area contributed by atoms with E-state index >= 15 is 0 Å². The predicted octanol–water partition coefficient (Wildman–Crippen LogP) is 5.29. The third kappa shape index (κ3) is 3.31. The van der Waals surface area contributed by atoms with Crippen LogP contribution < -0.4 is 5.32 Å². The summed E-state index contributed by atoms with van der Waals surface area (Å²) in [6, 6.07) is 24.0. The zero-order chi connectivity index (χ0) is 22.4. The van der Waals surface area contributed by atoms with Crippen molar-refractivity contribution >= 4 is 5.91 Å². The Morgan fingerprint density at radius 1 is 0.879 bits per heavy atom. The van der Waals surface area contributed by atoms with Gasteiger partial charge in [0.25, 0.3) is 0 Å². The maximum atomic E-state index is 13.7. The molecule has 1 heterocycles. The average Bonchev–Trinajstić information content (AvgIpc) is 2.88. The van der Waals surface area contributed by atoms with Gasteiger partial charge in [-0.3, -0.25) is 4.79 Å². The molecule has 33 heavy (non-hydrogen) atoms. The fourth-order valence-corrected chi connectivity index (χ4v) is 6.49. The largest absolute Gasteiger partial charge is 0.381 e. The second-order valence-corrected chi connectivity index (χ2v) is 9.70. The number of ether oxygens (including phenoxy) is 1. The maximum absolute atomic E-state index is 13.7. The first-order valence-electron chi connectivity index (χ1n) is 12.0. The molecule has 1 saturated heterocycles. The summed E-state index contributed by atoms with van der Waals surface area (Å²) in [5.74, 6) is 0.809. The van der Waals surface area contributed by atoms with Gasteiger partial charge in [-0.2, -0.15) is 0 Å². The first-order valence-corrected chi connectivity index (χ1v) is 12.0. The molecular weight excluding hydrogens is 413 g/mol. The smallest absolute Gasteiger partial charge is 0.230 e. The molecule has 1 amide bonds. The van der Waals surface area contributed by atoms with Gasteiger partial charge in [-0.15, -0.1) is 0 Å². The highest BCUT2D eigenvalue weighted by Gasteiger charge is 2.45. The molecule has 3 nitrogen and oxygen atoms in total. The number of amides is 1. The van der Waals surface area contributed by atoms with Crippen molar-refractivity contribution in [1.29, 1.82) is 0 Å². The normalized spacial score (nSPS) is 24.6. The zero-order valence-electron chi connectivity index (χ0n) is 18.6. The van der Waals surface area contributed by atoms with E-state index in [1.165, 1.54) is 34.4 Å². The van der Waals surface area contributed by atoms with Crippen LogP contribution in [0.25, 0.3) is 0 Å². The predicted molar refractivity (Wildman–Crippen MR) is 126 cm³/mol. The van der Waals surface area contributed by atoms with Crippen molar-refractivity contribution < 1.29 is 13.9 Å². The minimum atomic E-state index is -0.657. The Morgan fingerprint density at radius 3 is 2.06 bits per heavy atom. The van der Waals surface area contributed by atoms with Crippen molar-refractivity contribution in [2.75, 3.05) is 19.8 Å². The van der Waals surface area contributed by atoms with Crippen LogP contribution >= 0.6 is 0 Å². The summed E-state index contributed by atoms with van der Waals surface area (Å²) < 4.78 is 19.2. The van der Waals surface area contributed by atoms with Gasteiger partial charge < -0.3 is 10.1 Å². The summed E-state index contributed by atoms with van der Waals surface area (Å²) in [4.78, 5) is 13.7. The lowest BCUT2D eigenvalue weighted by Gasteiger charge is -2.46. The van der Waals surface area contributed by atoms with E-state index in [0.29, 0.717) is 50.4 Å². The lowest BCUT2D eigenvalue weighted by Crippen LogP contribution is -2.50. The molecule has 0 saturated carbocycles. The van der Waals surface area contributed by atoms with Gasteiger partial charge in [-0.25, -0.2) is 4.39 Å². The van der Waals surface area contributed by atoms with Crippen LogP contribution in [0.5, 0.6) is 0 Å². The number of fused-ring (bicyclic) bond motifs is 1. The Morgan fingerprint density at radius 2 is 1.45 bits per heavy atom. The zero-order valence-corrected chi connectivity index (χ0v) is 18.6. The Labute approximate surface area is 194 Å². The first kappa shape index (κ1) is 20.6. The molecule has 3 aromatic rings. The van der Waals surface area contributed by atoms with Gasteiger partial charge in [0, 0.05) is 31.6 Å². The fourth-order valence-electron chi connectivity index (χ4n) is 6.49. The first-order chi connectivity index (χ1) is 16.2. The molecule has 1 aliphatic heterocycles. The molecule has 168 valence electrons. The Bertz CT molecular complexity index is 1130. The van der Waals surface area contributed by atoms with Crippen molar-refractivity contribution in [2.24, 2.45) is 5.92 Å². The highest BCUT2D eigenvalue weighted by atomic mass is 19.1. The van der Waals surface area contributed by atoms with Crippen LogP contribution in [0.2, 0.25) is 0 Å². The van der Waals surface area contributed by atoms with Gasteiger partial charge >= 0.3 is 0 Å². The lowest BCUT2D eigenvalue weighted by atomic mass is 9.59. The molecule has 1 fully saturated rings. The molecular formula is C29H28FNO2. The summed E-state index contributed by atoms with van der Waals surface area (Å²) in [7, 11) is 0. The summed E-state index contributed by atoms with van der Waals surface area (Å²) in [5.41, 5.74) is 5.92. The van der Waals surface area contributed by atoms with E-state index in [9.17, 15) is 9.18 Å². The molecule has 2 bridgehead atoms. The fraction of sp³-hybridized carbons (Fsp3) is 0.345. The SMILES string of the molecule is O=C(NCC1CC2c3ccccc3C1c1ccccc12)C1(c2ccc(F)cc2)CCOCC1. The number of halogens is 1. The monoisotopic (exact) mass is 441 g/mol. The van der Waals surface area contributed by atoms with Crippen molar-refractivity contribution in [3.05, 3.63) is 106 Å². The van der Waals surface area contributed by atoms with Gasteiger partial charge in [0.15, 0.2) is 0 Å². The average molecular weight is 442 g/mol. The Kier molecular flexibility index (Phi) is 5.06. The van der Waals surface area contributed by atoms with Gasteiger partial charge in [0.1, 0.15) is 5.82 Å². The van der Waals surface area contributed by atoms with Gasteiger partial charge in [0.05, 0.1) is 5.41 Å². The highest BCUT2D eigenvalue weighted by molar-refractivity contribution is 5.88. The minimum Gasteiger partial charge on any atom is -0.381 e. The third-order valence-corrected chi connectivity index (χ3v) is 8.13. The minimum absolute atomic E-state index is 0.0421. The topological polar surface area (TPSA) is 38.3 Å². The third-order valence-electron chi connectivity index (χ3n) is 8.13. The molecule has 1 unspecified atom stereocenters. The van der Waals surface area contributed by atoms with Crippen LogP contribution in [-0.2, 0) is 14.9 Å². The van der Waals surface area contributed by atoms with E-state index in [0.717, 1.165) is 12.0 Å². The highest BCUT2D eigenvalue weighted by Crippen LogP contribution is 2.55. The van der Waals surface area contributed by atoms with E-state index in [2.05, 4.69) is 53.8 Å². The number of carbonyl (C=O) groups is 1. The van der Waals surface area contributed by atoms with E-state index in [-0.39, 0.29) is 11.7 Å². The van der Waals surface area contributed by atoms with Crippen LogP contribution in [0.1, 0.15) is 58.9 Å². The number of nitrogens with one attached hydrogen (secondary N) is 1. The van der Waals surface area contributed by atoms with Crippen molar-refractivity contribution in [2.45, 2.75) is 36.5 Å². The molecule has 4 heteroatoms. The number of benzene rings is 3. The van der Waals surface area contributed by atoms with Crippen LogP contribution in [0.4, 0.5) is 4.39 Å². The molecule has 3 aliphatic carbocycles. The van der Waals surface area contributed by atoms with Crippen LogP contribution in [-0.4, -0.2) is 25.7 Å². The maximum Gasteiger partial charge on any atom is 0.230 e. The molecule has 1 atom stereocenters. The summed E-state index contributed by atoms with van der Waals surface area (Å²) in [6.07, 6.45) is 2.28. The van der Waals surface area contributed by atoms with E-state index < -0.39 is 5.41 Å². The molecule has 0 spiro atoms. The second-order valence-electron chi connectivity index (χ2n) is 9.70. The number of carbonyl (C=O) groups excluding carboxylic acids is 1. The standard InChI is InChI=1S/C29H28FNO2/c30-21-11-9-20(10-12-21)29(13-15-33-16-14-29)28(32)31-18-19-17-26-22-5-1-3-7-24(22)27(19)25-8-4-2-6-23(25)26/h1-12,19,26-27H,13-18H2,(H,31,32). The van der Waals surface area contributed by atoms with Gasteiger partial charge in [-0.1, -0.05) is 60.7 Å². The molecule has 0 radical (unpaired) electrons. The van der Waals surface area contributed by atoms with Crippen LogP contribution in [0.15, 0.2) is 72.8 Å². The van der Waals surface area contributed by atoms with E-state index in [1.807, 2.05) is 0 Å². The summed E-state index contributed by atoms with van der Waals surface area (Å²) in [6.45, 7) is 1.73. The van der Waals surface area contributed by atoms with Crippen molar-refractivity contribution in [1.82, 2.24) is 5.32 Å². The summed E-state index contributed by atoms with van der Waals surface area (Å²) in [5, 5.41) is 3.33. The summed E-state index contributed by atoms with van der Waals surface area (Å²) >= 11 is 0. The van der Waals surface area contributed by atoms with Crippen molar-refractivity contribution in [3.8, 4) is 0 Å². The Balaban J connectivity index is 1.28. The van der Waals surface area contributed by atoms with Gasteiger partial charge in [0.2, 0.25) is 5.91 Å². The Hall–Kier alpha value is -2.98. The molecule has 7 rings (SSSR count). The number of hydrogen-bond acceptors (Lipinski definition) is 2. The van der Waals surface area contributed by atoms with E-state index in [1.54, 1.807) is 12.1 Å². The lowest BCUT2D eigenvalue weighted by molar-refractivity contribution is -0.130. The second kappa shape index (κ2) is 8.11. The van der Waals surface area contributed by atoms with Crippen molar-refractivity contribution in [3.63, 3.8) is 0 Å².